The van der Waals surface area contributed by atoms with Crippen LogP contribution in [0.1, 0.15) is 115 Å². The van der Waals surface area contributed by atoms with Crippen LogP contribution in [0.2, 0.25) is 0 Å². The van der Waals surface area contributed by atoms with Gasteiger partial charge in [0.05, 0.1) is 42.7 Å². The van der Waals surface area contributed by atoms with E-state index in [2.05, 4.69) is 6.92 Å². The molecule has 19 atom stereocenters. The Bertz CT molecular complexity index is 1420. The van der Waals surface area contributed by atoms with Gasteiger partial charge in [-0.3, -0.25) is 9.59 Å². The minimum atomic E-state index is -2.22. The van der Waals surface area contributed by atoms with E-state index in [0.717, 1.165) is 6.42 Å². The number of hydrogen-bond acceptors (Lipinski definition) is 12. The Labute approximate surface area is 340 Å². The minimum absolute atomic E-state index is 0.164. The molecule has 3 aliphatic heterocycles. The summed E-state index contributed by atoms with van der Waals surface area (Å²) in [6, 6.07) is 0. The van der Waals surface area contributed by atoms with E-state index in [0.29, 0.717) is 25.7 Å². The van der Waals surface area contributed by atoms with E-state index >= 15 is 0 Å². The third-order valence-electron chi connectivity index (χ3n) is 13.5. The molecule has 3 aliphatic rings. The fraction of sp³-hybridized carbons (Fsp3) is 0.800. The average molecular weight is 807 g/mol. The summed E-state index contributed by atoms with van der Waals surface area (Å²) in [5, 5.41) is 66.7. The molecule has 0 aromatic rings. The zero-order chi connectivity index (χ0) is 43.2. The standard InChI is InChI=1S/C45H74O12/c1-12-33-17-15-13-14-16-26(4)42(52)44(11,54)43(53)31(9)40(51)30(8)39(50)29(7)38(49)25(3)18-19-37(48)55-41-28(6)36(23-34(33)47)57-45(32(41)10)21-20-24(2)35(56-45)22-27(5)46/h13-15,17-19,24-36,38,40-42,46-47,49,51-52,54H,12,16,20-23H2,1-11H3/b14-13+,17-15+,19-18+/t24-,25-,26+,27+,28+,29-,30-,31-,32+,33-,34+,35-,36-,38+,40+,41+,42-,44+,45+/m0/s1. The lowest BCUT2D eigenvalue weighted by Crippen LogP contribution is -2.62. The minimum Gasteiger partial charge on any atom is -0.458 e. The first kappa shape index (κ1) is 49.1. The molecule has 0 radical (unpaired) electrons. The number of ether oxygens (including phenoxy) is 3. The highest BCUT2D eigenvalue weighted by Gasteiger charge is 2.56. The summed E-state index contributed by atoms with van der Waals surface area (Å²) < 4.78 is 19.8. The van der Waals surface area contributed by atoms with Gasteiger partial charge in [0, 0.05) is 60.3 Å². The molecule has 57 heavy (non-hydrogen) atoms. The molecule has 3 heterocycles. The predicted molar refractivity (Wildman–Crippen MR) is 216 cm³/mol. The summed E-state index contributed by atoms with van der Waals surface area (Å²) in [6.07, 6.45) is 5.74. The number of carbonyl (C=O) groups excluding carboxylic acids is 3. The van der Waals surface area contributed by atoms with Gasteiger partial charge in [0.1, 0.15) is 17.5 Å². The van der Waals surface area contributed by atoms with Gasteiger partial charge in [-0.25, -0.2) is 4.79 Å². The molecule has 0 aliphatic carbocycles. The molecule has 0 aromatic heterocycles. The maximum absolute atomic E-state index is 13.5. The van der Waals surface area contributed by atoms with Crippen molar-refractivity contribution in [3.63, 3.8) is 0 Å². The van der Waals surface area contributed by atoms with Crippen molar-refractivity contribution in [2.75, 3.05) is 0 Å². The summed E-state index contributed by atoms with van der Waals surface area (Å²) in [6.45, 7) is 18.6. The van der Waals surface area contributed by atoms with E-state index in [1.54, 1.807) is 32.9 Å². The molecule has 326 valence electrons. The van der Waals surface area contributed by atoms with Crippen molar-refractivity contribution >= 4 is 17.5 Å². The van der Waals surface area contributed by atoms with Gasteiger partial charge < -0.3 is 44.8 Å². The van der Waals surface area contributed by atoms with Crippen molar-refractivity contribution in [3.05, 3.63) is 36.5 Å². The molecule has 0 aromatic carbocycles. The van der Waals surface area contributed by atoms with Crippen LogP contribution < -0.4 is 0 Å². The highest BCUT2D eigenvalue weighted by atomic mass is 16.7. The van der Waals surface area contributed by atoms with Crippen LogP contribution in [-0.2, 0) is 28.6 Å². The summed E-state index contributed by atoms with van der Waals surface area (Å²) in [5.41, 5.74) is -2.22. The molecule has 12 heteroatoms. The number of Topliss-reactive ketones (excluding diaryl/α,β-unsaturated/α-hetero) is 2. The third-order valence-corrected chi connectivity index (χ3v) is 13.5. The number of fused-ring (bicyclic) bond motifs is 2. The SMILES string of the molecule is CC[C@H]1/C=C/C=C/C[C@@H](C)[C@H](O)[C@@](C)(O)C(=O)[C@@H](C)[C@H](O)[C@@H](C)C(=O)[C@@H](C)[C@H](O)[C@@H](C)/C=C/C(=O)O[C@@H]2[C@H](C)[C@H](C[C@H]1O)O[C@]1(CC[C@H](C)[C@H](C[C@@H](C)O)O1)[C@@H]2C. The van der Waals surface area contributed by atoms with Gasteiger partial charge in [-0.15, -0.1) is 0 Å². The summed E-state index contributed by atoms with van der Waals surface area (Å²) in [4.78, 5) is 40.6. The van der Waals surface area contributed by atoms with Crippen LogP contribution in [0.5, 0.6) is 0 Å². The number of rotatable bonds is 3. The Morgan fingerprint density at radius 2 is 1.49 bits per heavy atom. The van der Waals surface area contributed by atoms with Crippen molar-refractivity contribution in [2.45, 2.75) is 175 Å². The van der Waals surface area contributed by atoms with Gasteiger partial charge in [0.15, 0.2) is 11.6 Å². The van der Waals surface area contributed by atoms with Crippen molar-refractivity contribution in [2.24, 2.45) is 53.3 Å². The number of hydrogen-bond donors (Lipinski definition) is 6. The molecule has 0 unspecified atom stereocenters. The van der Waals surface area contributed by atoms with Crippen LogP contribution in [0.25, 0.3) is 0 Å². The first-order valence-corrected chi connectivity index (χ1v) is 21.3. The quantitative estimate of drug-likeness (QED) is 0.212. The van der Waals surface area contributed by atoms with Crippen LogP contribution >= 0.6 is 0 Å². The molecular weight excluding hydrogens is 732 g/mol. The zero-order valence-corrected chi connectivity index (χ0v) is 36.2. The first-order valence-electron chi connectivity index (χ1n) is 21.3. The van der Waals surface area contributed by atoms with Gasteiger partial charge >= 0.3 is 5.97 Å². The molecular formula is C45H74O12. The van der Waals surface area contributed by atoms with E-state index in [1.165, 1.54) is 39.8 Å². The largest absolute Gasteiger partial charge is 0.458 e. The number of esters is 1. The fourth-order valence-electron chi connectivity index (χ4n) is 9.07. The maximum atomic E-state index is 13.5. The molecule has 1 spiro atoms. The molecule has 0 amide bonds. The lowest BCUT2D eigenvalue weighted by molar-refractivity contribution is -0.372. The number of carbonyl (C=O) groups is 3. The summed E-state index contributed by atoms with van der Waals surface area (Å²) >= 11 is 0. The second kappa shape index (κ2) is 20.8. The van der Waals surface area contributed by atoms with Crippen molar-refractivity contribution in [1.82, 2.24) is 0 Å². The molecule has 2 bridgehead atoms. The Morgan fingerprint density at radius 1 is 0.860 bits per heavy atom. The molecule has 12 nitrogen and oxygen atoms in total. The highest BCUT2D eigenvalue weighted by molar-refractivity contribution is 5.91. The second-order valence-corrected chi connectivity index (χ2v) is 18.1. The molecule has 2 fully saturated rings. The van der Waals surface area contributed by atoms with Crippen molar-refractivity contribution in [1.29, 1.82) is 0 Å². The van der Waals surface area contributed by atoms with Gasteiger partial charge in [0.2, 0.25) is 0 Å². The van der Waals surface area contributed by atoms with Crippen LogP contribution in [0, 0.1) is 53.3 Å². The molecule has 6 N–H and O–H groups in total. The van der Waals surface area contributed by atoms with Crippen LogP contribution in [0.15, 0.2) is 36.5 Å². The number of aliphatic hydroxyl groups is 6. The van der Waals surface area contributed by atoms with Crippen molar-refractivity contribution in [3.8, 4) is 0 Å². The maximum Gasteiger partial charge on any atom is 0.330 e. The van der Waals surface area contributed by atoms with Gasteiger partial charge in [-0.2, -0.15) is 0 Å². The topological polar surface area (TPSA) is 200 Å². The summed E-state index contributed by atoms with van der Waals surface area (Å²) in [5.74, 6) is -8.49. The van der Waals surface area contributed by atoms with E-state index in [9.17, 15) is 45.0 Å². The van der Waals surface area contributed by atoms with Gasteiger partial charge in [-0.05, 0) is 51.4 Å². The van der Waals surface area contributed by atoms with E-state index in [1.807, 2.05) is 32.9 Å². The lowest BCUT2D eigenvalue weighted by atomic mass is 9.74. The van der Waals surface area contributed by atoms with Gasteiger partial charge in [0.25, 0.3) is 0 Å². The van der Waals surface area contributed by atoms with E-state index < -0.39 is 107 Å². The average Bonchev–Trinajstić information content (AvgIpc) is 3.17. The first-order chi connectivity index (χ1) is 26.5. The van der Waals surface area contributed by atoms with Crippen molar-refractivity contribution < 1.29 is 59.2 Å². The third kappa shape index (κ3) is 11.7. The van der Waals surface area contributed by atoms with Crippen LogP contribution in [0.3, 0.4) is 0 Å². The van der Waals surface area contributed by atoms with Gasteiger partial charge in [-0.1, -0.05) is 92.7 Å². The van der Waals surface area contributed by atoms with E-state index in [-0.39, 0.29) is 30.3 Å². The number of aliphatic hydroxyl groups excluding tert-OH is 5. The Balaban J connectivity index is 2.02. The molecule has 3 rings (SSSR count). The Kier molecular flexibility index (Phi) is 17.9. The van der Waals surface area contributed by atoms with Crippen LogP contribution in [-0.4, -0.2) is 108 Å². The van der Waals surface area contributed by atoms with E-state index in [4.69, 9.17) is 14.2 Å². The predicted octanol–water partition coefficient (Wildman–Crippen LogP) is 4.85. The second-order valence-electron chi connectivity index (χ2n) is 18.1. The molecule has 0 saturated carbocycles. The smallest absolute Gasteiger partial charge is 0.330 e. The monoisotopic (exact) mass is 807 g/mol. The fourth-order valence-corrected chi connectivity index (χ4v) is 9.07. The molecule has 2 saturated heterocycles. The summed E-state index contributed by atoms with van der Waals surface area (Å²) in [7, 11) is 0. The lowest BCUT2D eigenvalue weighted by Gasteiger charge is -2.55. The Morgan fingerprint density at radius 3 is 2.11 bits per heavy atom. The highest BCUT2D eigenvalue weighted by Crippen LogP contribution is 2.49. The normalized spacial score (nSPS) is 47.5. The zero-order valence-electron chi connectivity index (χ0n) is 36.2. The number of allylic oxidation sites excluding steroid dienone is 3. The van der Waals surface area contributed by atoms with Crippen LogP contribution in [0.4, 0.5) is 0 Å². The number of ketones is 2. The Hall–Kier alpha value is -2.29.